The molecule has 3 aromatic rings. The first kappa shape index (κ1) is 34.0. The standard InChI is InChI=1S/C28H31F3N6O8S/c1-18(2)45-27(39)43-17-44-34-37(40)35-14-12-21(13-15-35)26(38)33-46(41,42)23-10-8-22(9-11-23)36-24(16-25(32-36)28(29,30)31)20-6-4-19(3)5-7-20/h4-11,16,18,21H,12-15,17H2,1-3H3,(H,33,38)/b37-34-. The molecule has 0 aliphatic carbocycles. The van der Waals surface area contributed by atoms with Crippen LogP contribution in [0.15, 0.2) is 64.8 Å². The van der Waals surface area contributed by atoms with Crippen LogP contribution in [0.25, 0.3) is 16.9 Å². The van der Waals surface area contributed by atoms with Crippen LogP contribution in [-0.4, -0.2) is 66.2 Å². The van der Waals surface area contributed by atoms with E-state index in [1.165, 1.54) is 17.1 Å². The molecule has 0 radical (unpaired) electrons. The Morgan fingerprint density at radius 3 is 2.33 bits per heavy atom. The van der Waals surface area contributed by atoms with Crippen LogP contribution in [0, 0.1) is 18.0 Å². The molecule has 2 aromatic carbocycles. The van der Waals surface area contributed by atoms with Crippen LogP contribution < -0.4 is 4.72 Å². The number of nitrogens with one attached hydrogen (secondary N) is 1. The summed E-state index contributed by atoms with van der Waals surface area (Å²) in [6, 6.07) is 12.6. The van der Waals surface area contributed by atoms with Gasteiger partial charge in [-0.05, 0) is 63.9 Å². The van der Waals surface area contributed by atoms with Gasteiger partial charge in [-0.15, -0.1) is 5.01 Å². The fourth-order valence-corrected chi connectivity index (χ4v) is 5.46. The molecule has 0 atom stereocenters. The van der Waals surface area contributed by atoms with Crippen LogP contribution in [0.1, 0.15) is 37.9 Å². The minimum atomic E-state index is -4.71. The molecule has 2 heterocycles. The largest absolute Gasteiger partial charge is 0.569 e. The number of carbonyl (C=O) groups excluding carboxylic acids is 2. The van der Waals surface area contributed by atoms with E-state index < -0.39 is 52.8 Å². The predicted molar refractivity (Wildman–Crippen MR) is 153 cm³/mol. The third-order valence-corrected chi connectivity index (χ3v) is 8.11. The van der Waals surface area contributed by atoms with Gasteiger partial charge in [-0.2, -0.15) is 18.3 Å². The van der Waals surface area contributed by atoms with Crippen molar-refractivity contribution in [3.05, 3.63) is 71.1 Å². The van der Waals surface area contributed by atoms with Crippen molar-refractivity contribution in [2.75, 3.05) is 19.9 Å². The van der Waals surface area contributed by atoms with Crippen LogP contribution >= 0.6 is 0 Å². The average molecular weight is 669 g/mol. The Hall–Kier alpha value is -4.87. The highest BCUT2D eigenvalue weighted by atomic mass is 32.2. The zero-order chi connectivity index (χ0) is 33.6. The van der Waals surface area contributed by atoms with E-state index in [1.807, 2.05) is 11.6 Å². The second kappa shape index (κ2) is 14.1. The molecule has 248 valence electrons. The summed E-state index contributed by atoms with van der Waals surface area (Å²) >= 11 is 0. The predicted octanol–water partition coefficient (Wildman–Crippen LogP) is 4.71. The summed E-state index contributed by atoms with van der Waals surface area (Å²) in [6.45, 7) is 4.51. The lowest BCUT2D eigenvalue weighted by molar-refractivity contribution is -0.713. The number of hydrazine groups is 1. The normalized spacial score (nSPS) is 14.7. The van der Waals surface area contributed by atoms with Crippen molar-refractivity contribution >= 4 is 22.1 Å². The van der Waals surface area contributed by atoms with Crippen molar-refractivity contribution in [3.8, 4) is 16.9 Å². The third-order valence-electron chi connectivity index (χ3n) is 6.75. The van der Waals surface area contributed by atoms with Gasteiger partial charge in [-0.1, -0.05) is 29.8 Å². The Labute approximate surface area is 261 Å². The maximum absolute atomic E-state index is 13.5. The number of rotatable bonds is 10. The summed E-state index contributed by atoms with van der Waals surface area (Å²) in [5, 5.41) is 20.3. The van der Waals surface area contributed by atoms with E-state index in [0.717, 1.165) is 28.4 Å². The number of nitrogens with zero attached hydrogens (tertiary/aromatic N) is 5. The van der Waals surface area contributed by atoms with Crippen molar-refractivity contribution in [2.45, 2.75) is 50.8 Å². The summed E-state index contributed by atoms with van der Waals surface area (Å²) in [7, 11) is -4.34. The average Bonchev–Trinajstić information content (AvgIpc) is 3.46. The molecule has 1 aliphatic heterocycles. The van der Waals surface area contributed by atoms with Gasteiger partial charge in [0, 0.05) is 11.5 Å². The van der Waals surface area contributed by atoms with Gasteiger partial charge in [-0.3, -0.25) is 4.79 Å². The number of halogens is 3. The molecule has 0 spiro atoms. The van der Waals surface area contributed by atoms with E-state index in [2.05, 4.69) is 20.0 Å². The van der Waals surface area contributed by atoms with Crippen LogP contribution in [0.4, 0.5) is 18.0 Å². The smallest absolute Gasteiger partial charge is 0.511 e. The second-order valence-electron chi connectivity index (χ2n) is 10.5. The van der Waals surface area contributed by atoms with Crippen LogP contribution in [0.5, 0.6) is 0 Å². The zero-order valence-corrected chi connectivity index (χ0v) is 25.7. The van der Waals surface area contributed by atoms with Crippen LogP contribution in [0.2, 0.25) is 0 Å². The Morgan fingerprint density at radius 1 is 1.11 bits per heavy atom. The van der Waals surface area contributed by atoms with Gasteiger partial charge >= 0.3 is 12.3 Å². The Balaban J connectivity index is 1.37. The molecule has 46 heavy (non-hydrogen) atoms. The van der Waals surface area contributed by atoms with Gasteiger partial charge < -0.3 is 19.5 Å². The highest BCUT2D eigenvalue weighted by Crippen LogP contribution is 2.33. The molecule has 0 bridgehead atoms. The number of hydrogen-bond donors (Lipinski definition) is 1. The number of carbonyl (C=O) groups is 2. The molecule has 14 nitrogen and oxygen atoms in total. The number of amides is 1. The summed E-state index contributed by atoms with van der Waals surface area (Å²) in [5.41, 5.74) is 0.593. The van der Waals surface area contributed by atoms with Gasteiger partial charge in [0.25, 0.3) is 16.8 Å². The first-order valence-corrected chi connectivity index (χ1v) is 15.4. The van der Waals surface area contributed by atoms with Crippen molar-refractivity contribution in [2.24, 2.45) is 11.2 Å². The van der Waals surface area contributed by atoms with E-state index in [9.17, 15) is 36.4 Å². The van der Waals surface area contributed by atoms with Gasteiger partial charge in [0.2, 0.25) is 11.2 Å². The topological polar surface area (TPSA) is 167 Å². The Morgan fingerprint density at radius 2 is 1.74 bits per heavy atom. The third kappa shape index (κ3) is 8.64. The summed E-state index contributed by atoms with van der Waals surface area (Å²) in [6.07, 6.45) is -5.87. The molecule has 0 saturated carbocycles. The molecule has 18 heteroatoms. The first-order valence-electron chi connectivity index (χ1n) is 13.9. The van der Waals surface area contributed by atoms with Crippen molar-refractivity contribution in [1.82, 2.24) is 19.5 Å². The molecule has 1 aromatic heterocycles. The number of ether oxygens (including phenoxy) is 2. The molecule has 1 aliphatic rings. The lowest BCUT2D eigenvalue weighted by Gasteiger charge is -2.27. The minimum Gasteiger partial charge on any atom is -0.569 e. The fourth-order valence-electron chi connectivity index (χ4n) is 4.41. The van der Waals surface area contributed by atoms with Crippen LogP contribution in [-0.2, 0) is 35.3 Å². The second-order valence-corrected chi connectivity index (χ2v) is 12.2. The highest BCUT2D eigenvalue weighted by Gasteiger charge is 2.35. The first-order chi connectivity index (χ1) is 21.6. The summed E-state index contributed by atoms with van der Waals surface area (Å²) in [4.78, 5) is 28.5. The highest BCUT2D eigenvalue weighted by molar-refractivity contribution is 7.90. The Bertz CT molecular complexity index is 1670. The number of benzene rings is 2. The van der Waals surface area contributed by atoms with Crippen molar-refractivity contribution in [1.29, 1.82) is 0 Å². The van der Waals surface area contributed by atoms with E-state index in [1.54, 1.807) is 38.1 Å². The van der Waals surface area contributed by atoms with Gasteiger partial charge in [0.15, 0.2) is 5.69 Å². The monoisotopic (exact) mass is 668 g/mol. The van der Waals surface area contributed by atoms with E-state index in [4.69, 9.17) is 4.74 Å². The molecule has 1 saturated heterocycles. The summed E-state index contributed by atoms with van der Waals surface area (Å²) < 4.78 is 78.8. The SMILES string of the molecule is Cc1ccc(-c2cc(C(F)(F)F)nn2-c2ccc(S(=O)(=O)NC(=O)C3CCN(/[N+]([O-])=N/OCOC(=O)OC(C)C)CC3)cc2)cc1. The van der Waals surface area contributed by atoms with E-state index in [-0.39, 0.29) is 47.2 Å². The number of alkyl halides is 3. The number of sulfonamides is 1. The number of aromatic nitrogens is 2. The van der Waals surface area contributed by atoms with Gasteiger partial charge in [0.1, 0.15) is 0 Å². The van der Waals surface area contributed by atoms with Gasteiger partial charge in [-0.25, -0.2) is 22.6 Å². The summed E-state index contributed by atoms with van der Waals surface area (Å²) in [5.74, 6) is -1.52. The molecule has 1 fully saturated rings. The van der Waals surface area contributed by atoms with E-state index in [0.29, 0.717) is 5.56 Å². The number of piperidine rings is 1. The van der Waals surface area contributed by atoms with Gasteiger partial charge in [0.05, 0.1) is 40.4 Å². The quantitative estimate of drug-likeness (QED) is 0.0798. The van der Waals surface area contributed by atoms with Crippen molar-refractivity contribution < 1.29 is 50.5 Å². The maximum atomic E-state index is 13.5. The molecular weight excluding hydrogens is 637 g/mol. The van der Waals surface area contributed by atoms with Crippen molar-refractivity contribution in [3.63, 3.8) is 0 Å². The Kier molecular flexibility index (Phi) is 10.4. The maximum Gasteiger partial charge on any atom is 0.511 e. The molecule has 0 unspecified atom stereocenters. The molecule has 1 amide bonds. The zero-order valence-electron chi connectivity index (χ0n) is 24.9. The minimum absolute atomic E-state index is 0.0482. The van der Waals surface area contributed by atoms with Crippen LogP contribution in [0.3, 0.4) is 0 Å². The molecule has 1 N–H and O–H groups in total. The van der Waals surface area contributed by atoms with E-state index >= 15 is 0 Å². The number of aryl methyl sites for hydroxylation is 1. The fraction of sp³-hybridized carbons (Fsp3) is 0.393. The molecular formula is C28H31F3N6O8S. The lowest BCUT2D eigenvalue weighted by atomic mass is 9.97. The molecule has 4 rings (SSSR count). The lowest BCUT2D eigenvalue weighted by Crippen LogP contribution is -2.44. The number of hydrogen-bond acceptors (Lipinski definition) is 10.